The van der Waals surface area contributed by atoms with Crippen LogP contribution < -0.4 is 5.32 Å². The molecule has 92 valence electrons. The van der Waals surface area contributed by atoms with Crippen molar-refractivity contribution in [2.24, 2.45) is 5.41 Å². The van der Waals surface area contributed by atoms with Gasteiger partial charge in [0.15, 0.2) is 0 Å². The van der Waals surface area contributed by atoms with E-state index in [-0.39, 0.29) is 12.5 Å². The zero-order chi connectivity index (χ0) is 12.5. The predicted octanol–water partition coefficient (Wildman–Crippen LogP) is 2.04. The summed E-state index contributed by atoms with van der Waals surface area (Å²) in [6.45, 7) is 2.11. The van der Waals surface area contributed by atoms with Crippen LogP contribution >= 0.6 is 11.3 Å². The molecule has 17 heavy (non-hydrogen) atoms. The second-order valence-electron chi connectivity index (χ2n) is 4.55. The number of hydrogen-bond donors (Lipinski definition) is 2. The number of nitrogens with one attached hydrogen (secondary N) is 1. The van der Waals surface area contributed by atoms with E-state index in [0.717, 1.165) is 12.0 Å². The fourth-order valence-electron chi connectivity index (χ4n) is 2.00. The summed E-state index contributed by atoms with van der Waals surface area (Å²) < 4.78 is 0. The Kier molecular flexibility index (Phi) is 3.19. The zero-order valence-corrected chi connectivity index (χ0v) is 10.5. The van der Waals surface area contributed by atoms with E-state index < -0.39 is 11.4 Å². The first-order valence-corrected chi connectivity index (χ1v) is 6.49. The van der Waals surface area contributed by atoms with Gasteiger partial charge in [0.25, 0.3) is 5.91 Å². The number of carboxylic acids is 1. The van der Waals surface area contributed by atoms with Crippen LogP contribution in [0.4, 0.5) is 0 Å². The molecule has 0 spiro atoms. The topological polar surface area (TPSA) is 66.4 Å². The second kappa shape index (κ2) is 4.49. The molecule has 2 rings (SSSR count). The van der Waals surface area contributed by atoms with E-state index >= 15 is 0 Å². The van der Waals surface area contributed by atoms with E-state index in [1.807, 2.05) is 18.4 Å². The van der Waals surface area contributed by atoms with Crippen molar-refractivity contribution in [1.29, 1.82) is 0 Å². The van der Waals surface area contributed by atoms with Gasteiger partial charge >= 0.3 is 5.97 Å². The maximum absolute atomic E-state index is 11.8. The van der Waals surface area contributed by atoms with Crippen LogP contribution in [0.5, 0.6) is 0 Å². The number of thiophene rings is 1. The highest BCUT2D eigenvalue weighted by molar-refractivity contribution is 7.12. The predicted molar refractivity (Wildman–Crippen MR) is 65.3 cm³/mol. The number of carboxylic acid groups (broad SMARTS) is 1. The van der Waals surface area contributed by atoms with E-state index in [9.17, 15) is 9.59 Å². The zero-order valence-electron chi connectivity index (χ0n) is 9.66. The lowest BCUT2D eigenvalue weighted by Gasteiger charge is -2.37. The average molecular weight is 253 g/mol. The highest BCUT2D eigenvalue weighted by Crippen LogP contribution is 2.40. The maximum Gasteiger partial charge on any atom is 0.311 e. The molecule has 1 amide bonds. The third-order valence-electron chi connectivity index (χ3n) is 3.42. The summed E-state index contributed by atoms with van der Waals surface area (Å²) in [7, 11) is 0. The number of carbonyl (C=O) groups is 2. The molecular weight excluding hydrogens is 238 g/mol. The van der Waals surface area contributed by atoms with Crippen molar-refractivity contribution in [3.63, 3.8) is 0 Å². The summed E-state index contributed by atoms with van der Waals surface area (Å²) in [4.78, 5) is 23.6. The summed E-state index contributed by atoms with van der Waals surface area (Å²) >= 11 is 1.38. The van der Waals surface area contributed by atoms with Gasteiger partial charge < -0.3 is 10.4 Å². The number of rotatable bonds is 4. The Morgan fingerprint density at radius 2 is 2.24 bits per heavy atom. The van der Waals surface area contributed by atoms with Crippen molar-refractivity contribution >= 4 is 23.2 Å². The lowest BCUT2D eigenvalue weighted by molar-refractivity contribution is -0.153. The van der Waals surface area contributed by atoms with Crippen LogP contribution in [0.15, 0.2) is 11.4 Å². The molecule has 1 aliphatic carbocycles. The van der Waals surface area contributed by atoms with Gasteiger partial charge in [-0.25, -0.2) is 0 Å². The molecule has 0 aromatic carbocycles. The molecular formula is C12H15NO3S. The third-order valence-corrected chi connectivity index (χ3v) is 4.44. The van der Waals surface area contributed by atoms with Crippen LogP contribution in [-0.2, 0) is 4.79 Å². The van der Waals surface area contributed by atoms with Gasteiger partial charge in [-0.2, -0.15) is 0 Å². The van der Waals surface area contributed by atoms with Gasteiger partial charge in [0, 0.05) is 6.54 Å². The van der Waals surface area contributed by atoms with Crippen LogP contribution in [0.1, 0.15) is 34.5 Å². The van der Waals surface area contributed by atoms with Crippen molar-refractivity contribution in [2.45, 2.75) is 26.2 Å². The molecule has 1 heterocycles. The van der Waals surface area contributed by atoms with Crippen LogP contribution in [0, 0.1) is 12.3 Å². The molecule has 1 aromatic heterocycles. The van der Waals surface area contributed by atoms with E-state index in [0.29, 0.717) is 17.7 Å². The van der Waals surface area contributed by atoms with Crippen LogP contribution in [0.25, 0.3) is 0 Å². The summed E-state index contributed by atoms with van der Waals surface area (Å²) in [5, 5.41) is 13.7. The van der Waals surface area contributed by atoms with Crippen LogP contribution in [0.2, 0.25) is 0 Å². The molecule has 0 atom stereocenters. The SMILES string of the molecule is Cc1ccsc1C(=O)NCC1(C(=O)O)CCC1. The standard InChI is InChI=1S/C12H15NO3S/c1-8-3-6-17-9(8)10(14)13-7-12(11(15)16)4-2-5-12/h3,6H,2,4-5,7H2,1H3,(H,13,14)(H,15,16). The Labute approximate surface area is 104 Å². The lowest BCUT2D eigenvalue weighted by Crippen LogP contribution is -2.47. The summed E-state index contributed by atoms with van der Waals surface area (Å²) in [6.07, 6.45) is 2.25. The summed E-state index contributed by atoms with van der Waals surface area (Å²) in [5.74, 6) is -0.961. The number of carbonyl (C=O) groups excluding carboxylic acids is 1. The van der Waals surface area contributed by atoms with Crippen molar-refractivity contribution in [3.05, 3.63) is 21.9 Å². The number of aliphatic carboxylic acids is 1. The fourth-order valence-corrected chi connectivity index (χ4v) is 2.85. The first-order chi connectivity index (χ1) is 8.05. The molecule has 4 nitrogen and oxygen atoms in total. The average Bonchev–Trinajstić information content (AvgIpc) is 2.62. The molecule has 1 saturated carbocycles. The number of aryl methyl sites for hydroxylation is 1. The summed E-state index contributed by atoms with van der Waals surface area (Å²) in [5.41, 5.74) is 0.214. The van der Waals surface area contributed by atoms with Crippen molar-refractivity contribution in [1.82, 2.24) is 5.32 Å². The van der Waals surface area contributed by atoms with Crippen LogP contribution in [-0.4, -0.2) is 23.5 Å². The highest BCUT2D eigenvalue weighted by atomic mass is 32.1. The number of amides is 1. The molecule has 1 fully saturated rings. The third kappa shape index (κ3) is 2.20. The second-order valence-corrected chi connectivity index (χ2v) is 5.47. The van der Waals surface area contributed by atoms with E-state index in [2.05, 4.69) is 5.32 Å². The molecule has 5 heteroatoms. The minimum absolute atomic E-state index is 0.162. The summed E-state index contributed by atoms with van der Waals surface area (Å²) in [6, 6.07) is 1.88. The Balaban J connectivity index is 1.97. The van der Waals surface area contributed by atoms with Gasteiger partial charge in [-0.05, 0) is 36.8 Å². The van der Waals surface area contributed by atoms with Gasteiger partial charge in [-0.1, -0.05) is 6.42 Å². The van der Waals surface area contributed by atoms with Gasteiger partial charge in [-0.15, -0.1) is 11.3 Å². The number of hydrogen-bond acceptors (Lipinski definition) is 3. The minimum Gasteiger partial charge on any atom is -0.481 e. The molecule has 2 N–H and O–H groups in total. The largest absolute Gasteiger partial charge is 0.481 e. The Bertz CT molecular complexity index is 448. The smallest absolute Gasteiger partial charge is 0.311 e. The van der Waals surface area contributed by atoms with Gasteiger partial charge in [-0.3, -0.25) is 9.59 Å². The monoisotopic (exact) mass is 253 g/mol. The molecule has 1 aromatic rings. The molecule has 0 unspecified atom stereocenters. The van der Waals surface area contributed by atoms with E-state index in [1.54, 1.807) is 0 Å². The van der Waals surface area contributed by atoms with Gasteiger partial charge in [0.2, 0.25) is 0 Å². The quantitative estimate of drug-likeness (QED) is 0.863. The highest BCUT2D eigenvalue weighted by Gasteiger charge is 2.44. The minimum atomic E-state index is -0.799. The fraction of sp³-hybridized carbons (Fsp3) is 0.500. The Hall–Kier alpha value is -1.36. The normalized spacial score (nSPS) is 17.2. The molecule has 0 aliphatic heterocycles. The Morgan fingerprint density at radius 1 is 1.53 bits per heavy atom. The molecule has 1 aliphatic rings. The van der Waals surface area contributed by atoms with E-state index in [1.165, 1.54) is 11.3 Å². The van der Waals surface area contributed by atoms with Crippen LogP contribution in [0.3, 0.4) is 0 Å². The van der Waals surface area contributed by atoms with Crippen molar-refractivity contribution in [3.8, 4) is 0 Å². The van der Waals surface area contributed by atoms with Gasteiger partial charge in [0.1, 0.15) is 0 Å². The first-order valence-electron chi connectivity index (χ1n) is 5.61. The lowest BCUT2D eigenvalue weighted by atomic mass is 9.69. The van der Waals surface area contributed by atoms with E-state index in [4.69, 9.17) is 5.11 Å². The molecule has 0 bridgehead atoms. The molecule has 0 saturated heterocycles. The van der Waals surface area contributed by atoms with Crippen molar-refractivity contribution < 1.29 is 14.7 Å². The Morgan fingerprint density at radius 3 is 2.65 bits per heavy atom. The van der Waals surface area contributed by atoms with Gasteiger partial charge in [0.05, 0.1) is 10.3 Å². The first kappa shape index (κ1) is 12.1. The van der Waals surface area contributed by atoms with Crippen molar-refractivity contribution in [2.75, 3.05) is 6.54 Å². The maximum atomic E-state index is 11.8. The molecule has 0 radical (unpaired) electrons.